The summed E-state index contributed by atoms with van der Waals surface area (Å²) in [6.07, 6.45) is 5.21. The smallest absolute Gasteiger partial charge is 0.0748 e. The molecular formula is C11H11N3. The normalized spacial score (nSPS) is 10.1. The van der Waals surface area contributed by atoms with Gasteiger partial charge in [-0.25, -0.2) is 0 Å². The Morgan fingerprint density at radius 1 is 1.29 bits per heavy atom. The van der Waals surface area contributed by atoms with E-state index < -0.39 is 0 Å². The van der Waals surface area contributed by atoms with Gasteiger partial charge in [-0.3, -0.25) is 9.97 Å². The second kappa shape index (κ2) is 3.46. The van der Waals surface area contributed by atoms with E-state index in [-0.39, 0.29) is 0 Å². The van der Waals surface area contributed by atoms with Gasteiger partial charge >= 0.3 is 0 Å². The van der Waals surface area contributed by atoms with E-state index in [1.165, 1.54) is 0 Å². The van der Waals surface area contributed by atoms with Gasteiger partial charge in [-0.15, -0.1) is 0 Å². The van der Waals surface area contributed by atoms with Gasteiger partial charge in [0.2, 0.25) is 0 Å². The average Bonchev–Trinajstić information content (AvgIpc) is 2.19. The molecule has 0 saturated carbocycles. The van der Waals surface area contributed by atoms with Crippen molar-refractivity contribution in [1.82, 2.24) is 9.97 Å². The van der Waals surface area contributed by atoms with Gasteiger partial charge in [0.25, 0.3) is 0 Å². The minimum Gasteiger partial charge on any atom is -0.397 e. The van der Waals surface area contributed by atoms with Crippen LogP contribution in [0.5, 0.6) is 0 Å². The van der Waals surface area contributed by atoms with Crippen LogP contribution in [-0.2, 0) is 0 Å². The molecule has 0 amide bonds. The molecule has 0 aromatic carbocycles. The van der Waals surface area contributed by atoms with E-state index >= 15 is 0 Å². The zero-order valence-electron chi connectivity index (χ0n) is 7.94. The molecule has 0 bridgehead atoms. The highest BCUT2D eigenvalue weighted by molar-refractivity contribution is 5.63. The number of hydrogen-bond donors (Lipinski definition) is 1. The van der Waals surface area contributed by atoms with Crippen LogP contribution in [0, 0.1) is 6.92 Å². The van der Waals surface area contributed by atoms with Gasteiger partial charge < -0.3 is 5.73 Å². The third-order valence-corrected chi connectivity index (χ3v) is 2.03. The first kappa shape index (κ1) is 8.69. The third-order valence-electron chi connectivity index (χ3n) is 2.03. The van der Waals surface area contributed by atoms with Crippen molar-refractivity contribution in [2.24, 2.45) is 0 Å². The lowest BCUT2D eigenvalue weighted by molar-refractivity contribution is 1.25. The predicted molar refractivity (Wildman–Crippen MR) is 56.6 cm³/mol. The number of nitrogens with two attached hydrogens (primary N) is 1. The first-order valence-electron chi connectivity index (χ1n) is 4.40. The summed E-state index contributed by atoms with van der Waals surface area (Å²) in [6, 6.07) is 5.79. The number of aryl methyl sites for hydroxylation is 1. The number of pyridine rings is 2. The van der Waals surface area contributed by atoms with Crippen LogP contribution in [0.15, 0.2) is 36.8 Å². The summed E-state index contributed by atoms with van der Waals surface area (Å²) < 4.78 is 0. The Balaban J connectivity index is 2.53. The summed E-state index contributed by atoms with van der Waals surface area (Å²) in [7, 11) is 0. The van der Waals surface area contributed by atoms with E-state index in [9.17, 15) is 0 Å². The number of hydrogen-bond acceptors (Lipinski definition) is 3. The monoisotopic (exact) mass is 185 g/mol. The fraction of sp³-hybridized carbons (Fsp3) is 0.0909. The van der Waals surface area contributed by atoms with Gasteiger partial charge in [-0.05, 0) is 30.7 Å². The van der Waals surface area contributed by atoms with Gasteiger partial charge in [0.1, 0.15) is 0 Å². The SMILES string of the molecule is Cc1cc(N)cnc1-c1cccnc1. The number of nitrogens with zero attached hydrogens (tertiary/aromatic N) is 2. The van der Waals surface area contributed by atoms with E-state index in [0.29, 0.717) is 5.69 Å². The fourth-order valence-electron chi connectivity index (χ4n) is 1.40. The molecule has 2 heterocycles. The van der Waals surface area contributed by atoms with E-state index in [0.717, 1.165) is 16.8 Å². The van der Waals surface area contributed by atoms with Crippen LogP contribution in [0.1, 0.15) is 5.56 Å². The van der Waals surface area contributed by atoms with Crippen LogP contribution in [0.25, 0.3) is 11.3 Å². The molecule has 70 valence electrons. The Labute approximate surface area is 82.6 Å². The van der Waals surface area contributed by atoms with Gasteiger partial charge in [0.15, 0.2) is 0 Å². The molecule has 0 spiro atoms. The lowest BCUT2D eigenvalue weighted by atomic mass is 10.1. The third kappa shape index (κ3) is 1.57. The quantitative estimate of drug-likeness (QED) is 0.739. The van der Waals surface area contributed by atoms with Crippen LogP contribution in [0.3, 0.4) is 0 Å². The molecule has 14 heavy (non-hydrogen) atoms. The lowest BCUT2D eigenvalue weighted by Gasteiger charge is -2.04. The molecular weight excluding hydrogens is 174 g/mol. The van der Waals surface area contributed by atoms with Gasteiger partial charge in [-0.2, -0.15) is 0 Å². The average molecular weight is 185 g/mol. The van der Waals surface area contributed by atoms with Crippen LogP contribution in [0.4, 0.5) is 5.69 Å². The number of rotatable bonds is 1. The highest BCUT2D eigenvalue weighted by Gasteiger charge is 2.02. The number of anilines is 1. The molecule has 0 unspecified atom stereocenters. The summed E-state index contributed by atoms with van der Waals surface area (Å²) in [4.78, 5) is 8.34. The molecule has 2 aromatic rings. The van der Waals surface area contributed by atoms with E-state index in [2.05, 4.69) is 9.97 Å². The largest absolute Gasteiger partial charge is 0.397 e. The van der Waals surface area contributed by atoms with Crippen molar-refractivity contribution < 1.29 is 0 Å². The molecule has 0 atom stereocenters. The maximum absolute atomic E-state index is 5.63. The van der Waals surface area contributed by atoms with E-state index in [1.54, 1.807) is 18.6 Å². The second-order valence-electron chi connectivity index (χ2n) is 3.18. The van der Waals surface area contributed by atoms with E-state index in [4.69, 9.17) is 5.73 Å². The minimum atomic E-state index is 0.690. The molecule has 0 aliphatic heterocycles. The Bertz CT molecular complexity index is 438. The number of aromatic nitrogens is 2. The molecule has 0 aliphatic rings. The highest BCUT2D eigenvalue weighted by atomic mass is 14.7. The summed E-state index contributed by atoms with van der Waals surface area (Å²) >= 11 is 0. The van der Waals surface area contributed by atoms with E-state index in [1.807, 2.05) is 25.1 Å². The maximum atomic E-state index is 5.63. The molecule has 2 N–H and O–H groups in total. The van der Waals surface area contributed by atoms with Crippen LogP contribution in [-0.4, -0.2) is 9.97 Å². The summed E-state index contributed by atoms with van der Waals surface area (Å²) in [6.45, 7) is 1.99. The standard InChI is InChI=1S/C11H11N3/c1-8-5-10(12)7-14-11(8)9-3-2-4-13-6-9/h2-7H,12H2,1H3. The topological polar surface area (TPSA) is 51.8 Å². The van der Waals surface area contributed by atoms with Crippen LogP contribution < -0.4 is 5.73 Å². The summed E-state index contributed by atoms with van der Waals surface area (Å²) in [5.74, 6) is 0. The number of nitrogen functional groups attached to an aromatic ring is 1. The molecule has 0 fully saturated rings. The Kier molecular flexibility index (Phi) is 2.14. The van der Waals surface area contributed by atoms with Gasteiger partial charge in [0.05, 0.1) is 17.6 Å². The summed E-state index contributed by atoms with van der Waals surface area (Å²) in [5, 5.41) is 0. The minimum absolute atomic E-state index is 0.690. The Morgan fingerprint density at radius 2 is 2.14 bits per heavy atom. The van der Waals surface area contributed by atoms with Crippen molar-refractivity contribution in [2.45, 2.75) is 6.92 Å². The first-order chi connectivity index (χ1) is 6.77. The Hall–Kier alpha value is -1.90. The second-order valence-corrected chi connectivity index (χ2v) is 3.18. The van der Waals surface area contributed by atoms with Crippen molar-refractivity contribution in [3.63, 3.8) is 0 Å². The van der Waals surface area contributed by atoms with Gasteiger partial charge in [0, 0.05) is 18.0 Å². The summed E-state index contributed by atoms with van der Waals surface area (Å²) in [5.41, 5.74) is 9.34. The molecule has 0 radical (unpaired) electrons. The Morgan fingerprint density at radius 3 is 2.79 bits per heavy atom. The lowest BCUT2D eigenvalue weighted by Crippen LogP contribution is -1.92. The van der Waals surface area contributed by atoms with Crippen molar-refractivity contribution in [1.29, 1.82) is 0 Å². The van der Waals surface area contributed by atoms with Crippen LogP contribution in [0.2, 0.25) is 0 Å². The zero-order chi connectivity index (χ0) is 9.97. The highest BCUT2D eigenvalue weighted by Crippen LogP contribution is 2.20. The van der Waals surface area contributed by atoms with Crippen molar-refractivity contribution in [3.8, 4) is 11.3 Å². The molecule has 3 nitrogen and oxygen atoms in total. The van der Waals surface area contributed by atoms with Crippen LogP contribution >= 0.6 is 0 Å². The first-order valence-corrected chi connectivity index (χ1v) is 4.40. The zero-order valence-corrected chi connectivity index (χ0v) is 7.94. The van der Waals surface area contributed by atoms with Crippen molar-refractivity contribution in [3.05, 3.63) is 42.4 Å². The fourth-order valence-corrected chi connectivity index (χ4v) is 1.40. The molecule has 2 aromatic heterocycles. The molecule has 0 aliphatic carbocycles. The van der Waals surface area contributed by atoms with Crippen molar-refractivity contribution in [2.75, 3.05) is 5.73 Å². The predicted octanol–water partition coefficient (Wildman–Crippen LogP) is 2.03. The van der Waals surface area contributed by atoms with Gasteiger partial charge in [-0.1, -0.05) is 0 Å². The van der Waals surface area contributed by atoms with Crippen molar-refractivity contribution >= 4 is 5.69 Å². The molecule has 3 heteroatoms. The molecule has 2 rings (SSSR count). The molecule has 0 saturated heterocycles. The maximum Gasteiger partial charge on any atom is 0.0748 e.